The molecule has 0 unspecified atom stereocenters. The highest BCUT2D eigenvalue weighted by Crippen LogP contribution is 2.26. The van der Waals surface area contributed by atoms with Crippen molar-refractivity contribution in [1.29, 1.82) is 0 Å². The van der Waals surface area contributed by atoms with E-state index in [4.69, 9.17) is 9.47 Å². The molecular weight excluding hydrogens is 300 g/mol. The Morgan fingerprint density at radius 3 is 2.89 bits per heavy atom. The minimum atomic E-state index is -0.385. The Balaban J connectivity index is 2.51. The summed E-state index contributed by atoms with van der Waals surface area (Å²) in [5.41, 5.74) is 1.10. The van der Waals surface area contributed by atoms with E-state index in [1.54, 1.807) is 17.9 Å². The molecule has 0 aliphatic heterocycles. The van der Waals surface area contributed by atoms with Crippen LogP contribution in [0.2, 0.25) is 0 Å². The second-order valence-corrected chi connectivity index (χ2v) is 4.59. The van der Waals surface area contributed by atoms with Gasteiger partial charge in [-0.2, -0.15) is 5.10 Å². The van der Waals surface area contributed by atoms with E-state index in [9.17, 15) is 4.79 Å². The Bertz CT molecular complexity index is 580. The molecule has 0 atom stereocenters. The first-order chi connectivity index (χ1) is 8.67. The lowest BCUT2D eigenvalue weighted by Gasteiger charge is -2.00. The summed E-state index contributed by atoms with van der Waals surface area (Å²) >= 11 is 3.45. The minimum absolute atomic E-state index is 0.385. The zero-order valence-electron chi connectivity index (χ0n) is 10.1. The number of methoxy groups -OCH3 is 2. The number of aromatic nitrogens is 2. The van der Waals surface area contributed by atoms with Crippen molar-refractivity contribution in [3.05, 3.63) is 28.4 Å². The van der Waals surface area contributed by atoms with E-state index in [1.165, 1.54) is 7.11 Å². The number of esters is 1. The maximum Gasteiger partial charge on any atom is 0.340 e. The number of hydrogen-bond acceptors (Lipinski definition) is 4. The van der Waals surface area contributed by atoms with Crippen LogP contribution < -0.4 is 0 Å². The van der Waals surface area contributed by atoms with Crippen LogP contribution in [0.1, 0.15) is 10.4 Å². The SMILES string of the molecule is COCCn1cc2c(Br)ccc(C(=O)OC)c2n1. The van der Waals surface area contributed by atoms with Crippen molar-refractivity contribution in [1.82, 2.24) is 9.78 Å². The molecule has 2 aromatic rings. The molecule has 0 amide bonds. The third-order valence-electron chi connectivity index (χ3n) is 2.60. The average Bonchev–Trinajstić information content (AvgIpc) is 2.80. The summed E-state index contributed by atoms with van der Waals surface area (Å²) < 4.78 is 12.4. The van der Waals surface area contributed by atoms with Gasteiger partial charge >= 0.3 is 5.97 Å². The molecule has 0 radical (unpaired) electrons. The number of rotatable bonds is 4. The number of ether oxygens (including phenoxy) is 2. The van der Waals surface area contributed by atoms with Gasteiger partial charge in [0.25, 0.3) is 0 Å². The molecule has 18 heavy (non-hydrogen) atoms. The van der Waals surface area contributed by atoms with E-state index < -0.39 is 0 Å². The number of fused-ring (bicyclic) bond motifs is 1. The summed E-state index contributed by atoms with van der Waals surface area (Å²) in [5, 5.41) is 5.27. The monoisotopic (exact) mass is 312 g/mol. The van der Waals surface area contributed by atoms with Gasteiger partial charge in [-0.25, -0.2) is 4.79 Å². The lowest BCUT2D eigenvalue weighted by Crippen LogP contribution is -2.05. The summed E-state index contributed by atoms with van der Waals surface area (Å²) in [7, 11) is 3.00. The van der Waals surface area contributed by atoms with E-state index >= 15 is 0 Å². The van der Waals surface area contributed by atoms with Gasteiger partial charge < -0.3 is 9.47 Å². The lowest BCUT2D eigenvalue weighted by molar-refractivity contribution is 0.0602. The van der Waals surface area contributed by atoms with Crippen LogP contribution in [0.25, 0.3) is 10.9 Å². The van der Waals surface area contributed by atoms with Crippen LogP contribution in [0.5, 0.6) is 0 Å². The zero-order valence-corrected chi connectivity index (χ0v) is 11.7. The highest BCUT2D eigenvalue weighted by molar-refractivity contribution is 9.10. The fourth-order valence-corrected chi connectivity index (χ4v) is 2.12. The molecule has 1 aromatic carbocycles. The molecule has 1 heterocycles. The largest absolute Gasteiger partial charge is 0.465 e. The molecule has 0 N–H and O–H groups in total. The zero-order chi connectivity index (χ0) is 13.1. The van der Waals surface area contributed by atoms with Gasteiger partial charge in [0.05, 0.1) is 25.8 Å². The van der Waals surface area contributed by atoms with Gasteiger partial charge in [-0.05, 0) is 12.1 Å². The summed E-state index contributed by atoms with van der Waals surface area (Å²) in [4.78, 5) is 11.7. The molecule has 0 aliphatic rings. The molecule has 0 saturated carbocycles. The van der Waals surface area contributed by atoms with E-state index in [-0.39, 0.29) is 5.97 Å². The molecule has 1 aromatic heterocycles. The van der Waals surface area contributed by atoms with Crippen molar-refractivity contribution >= 4 is 32.8 Å². The Morgan fingerprint density at radius 2 is 2.22 bits per heavy atom. The fraction of sp³-hybridized carbons (Fsp3) is 0.333. The van der Waals surface area contributed by atoms with Crippen LogP contribution >= 0.6 is 15.9 Å². The van der Waals surface area contributed by atoms with E-state index in [1.807, 2.05) is 12.3 Å². The van der Waals surface area contributed by atoms with Crippen molar-refractivity contribution in [3.8, 4) is 0 Å². The highest BCUT2D eigenvalue weighted by atomic mass is 79.9. The standard InChI is InChI=1S/C12H13BrN2O3/c1-17-6-5-15-7-9-10(13)4-3-8(11(9)14-15)12(16)18-2/h3-4,7H,5-6H2,1-2H3. The van der Waals surface area contributed by atoms with Crippen LogP contribution in [-0.2, 0) is 16.0 Å². The smallest absolute Gasteiger partial charge is 0.340 e. The second kappa shape index (κ2) is 5.49. The normalized spacial score (nSPS) is 10.8. The van der Waals surface area contributed by atoms with Crippen molar-refractivity contribution < 1.29 is 14.3 Å². The van der Waals surface area contributed by atoms with Crippen LogP contribution in [0, 0.1) is 0 Å². The van der Waals surface area contributed by atoms with Crippen LogP contribution in [0.4, 0.5) is 0 Å². The average molecular weight is 313 g/mol. The van der Waals surface area contributed by atoms with Crippen molar-refractivity contribution in [3.63, 3.8) is 0 Å². The van der Waals surface area contributed by atoms with Crippen molar-refractivity contribution in [2.24, 2.45) is 0 Å². The molecule has 0 saturated heterocycles. The van der Waals surface area contributed by atoms with Crippen molar-refractivity contribution in [2.45, 2.75) is 6.54 Å². The molecule has 2 rings (SSSR count). The second-order valence-electron chi connectivity index (χ2n) is 3.73. The Labute approximate surface area is 113 Å². The quantitative estimate of drug-likeness (QED) is 0.812. The highest BCUT2D eigenvalue weighted by Gasteiger charge is 2.15. The number of halogens is 1. The number of nitrogens with zero attached hydrogens (tertiary/aromatic N) is 2. The molecule has 96 valence electrons. The molecular formula is C12H13BrN2O3. The van der Waals surface area contributed by atoms with Crippen LogP contribution in [-0.4, -0.2) is 36.6 Å². The van der Waals surface area contributed by atoms with Crippen LogP contribution in [0.15, 0.2) is 22.8 Å². The van der Waals surface area contributed by atoms with Gasteiger partial charge in [0, 0.05) is 23.2 Å². The van der Waals surface area contributed by atoms with Crippen molar-refractivity contribution in [2.75, 3.05) is 20.8 Å². The first-order valence-electron chi connectivity index (χ1n) is 5.40. The Kier molecular flexibility index (Phi) is 3.98. The summed E-state index contributed by atoms with van der Waals surface area (Å²) in [5.74, 6) is -0.385. The molecule has 0 spiro atoms. The van der Waals surface area contributed by atoms with Gasteiger partial charge in [0.2, 0.25) is 0 Å². The van der Waals surface area contributed by atoms with E-state index in [0.717, 1.165) is 9.86 Å². The molecule has 5 nitrogen and oxygen atoms in total. The van der Waals surface area contributed by atoms with Crippen LogP contribution in [0.3, 0.4) is 0 Å². The third kappa shape index (κ3) is 2.39. The number of carbonyl (C=O) groups excluding carboxylic acids is 1. The van der Waals surface area contributed by atoms with Gasteiger partial charge in [0.15, 0.2) is 0 Å². The first-order valence-corrected chi connectivity index (χ1v) is 6.19. The van der Waals surface area contributed by atoms with Gasteiger partial charge in [-0.1, -0.05) is 15.9 Å². The molecule has 6 heteroatoms. The lowest BCUT2D eigenvalue weighted by atomic mass is 10.1. The van der Waals surface area contributed by atoms with Gasteiger partial charge in [0.1, 0.15) is 5.52 Å². The first kappa shape index (κ1) is 13.0. The Morgan fingerprint density at radius 1 is 1.44 bits per heavy atom. The fourth-order valence-electron chi connectivity index (χ4n) is 1.69. The third-order valence-corrected chi connectivity index (χ3v) is 3.29. The predicted molar refractivity (Wildman–Crippen MR) is 70.6 cm³/mol. The predicted octanol–water partition coefficient (Wildman–Crippen LogP) is 2.23. The number of benzene rings is 1. The van der Waals surface area contributed by atoms with E-state index in [2.05, 4.69) is 21.0 Å². The summed E-state index contributed by atoms with van der Waals surface area (Å²) in [6.07, 6.45) is 1.88. The Hall–Kier alpha value is -1.40. The minimum Gasteiger partial charge on any atom is -0.465 e. The van der Waals surface area contributed by atoms with Gasteiger partial charge in [-0.3, -0.25) is 4.68 Å². The van der Waals surface area contributed by atoms with E-state index in [0.29, 0.717) is 24.2 Å². The summed E-state index contributed by atoms with van der Waals surface area (Å²) in [6.45, 7) is 1.21. The maximum atomic E-state index is 11.7. The molecule has 0 fully saturated rings. The molecule has 0 aliphatic carbocycles. The topological polar surface area (TPSA) is 53.4 Å². The summed E-state index contributed by atoms with van der Waals surface area (Å²) in [6, 6.07) is 3.52. The number of carbonyl (C=O) groups is 1. The maximum absolute atomic E-state index is 11.7. The number of hydrogen-bond donors (Lipinski definition) is 0. The van der Waals surface area contributed by atoms with Gasteiger partial charge in [-0.15, -0.1) is 0 Å². The molecule has 0 bridgehead atoms.